The number of anilines is 1. The van der Waals surface area contributed by atoms with Crippen LogP contribution < -0.4 is 10.2 Å². The Kier molecular flexibility index (Phi) is 6.47. The summed E-state index contributed by atoms with van der Waals surface area (Å²) < 4.78 is 6.10. The molecule has 2 aromatic carbocycles. The van der Waals surface area contributed by atoms with Gasteiger partial charge >= 0.3 is 0 Å². The fourth-order valence-electron chi connectivity index (χ4n) is 5.05. The Labute approximate surface area is 210 Å². The number of aliphatic hydroxyl groups excluding tert-OH is 1. The molecule has 0 saturated carbocycles. The van der Waals surface area contributed by atoms with Crippen molar-refractivity contribution in [2.75, 3.05) is 25.0 Å². The molecule has 0 spiro atoms. The largest absolute Gasteiger partial charge is 0.438 e. The number of piperidine rings is 1. The number of nitrogens with zero attached hydrogens (tertiary/aromatic N) is 2. The van der Waals surface area contributed by atoms with Crippen molar-refractivity contribution in [2.24, 2.45) is 0 Å². The minimum atomic E-state index is -0.764. The summed E-state index contributed by atoms with van der Waals surface area (Å²) in [5, 5.41) is 13.3. The van der Waals surface area contributed by atoms with Gasteiger partial charge in [-0.05, 0) is 67.8 Å². The molecule has 1 fully saturated rings. The zero-order valence-corrected chi connectivity index (χ0v) is 20.9. The highest BCUT2D eigenvalue weighted by Gasteiger charge is 2.40. The van der Waals surface area contributed by atoms with E-state index < -0.39 is 4.87 Å². The predicted octanol–water partition coefficient (Wildman–Crippen LogP) is 5.90. The Morgan fingerprint density at radius 2 is 2.03 bits per heavy atom. The van der Waals surface area contributed by atoms with Crippen LogP contribution in [0.1, 0.15) is 42.7 Å². The number of halogens is 2. The van der Waals surface area contributed by atoms with Crippen LogP contribution in [0.15, 0.2) is 59.0 Å². The molecule has 5 nitrogen and oxygen atoms in total. The zero-order valence-electron chi connectivity index (χ0n) is 19.4. The second-order valence-electron chi connectivity index (χ2n) is 9.25. The molecule has 0 radical (unpaired) electrons. The van der Waals surface area contributed by atoms with Crippen LogP contribution in [0.25, 0.3) is 16.7 Å². The molecule has 5 rings (SSSR count). The number of nitrogens with one attached hydrogen (secondary N) is 1. The van der Waals surface area contributed by atoms with Gasteiger partial charge in [0, 0.05) is 24.8 Å². The second kappa shape index (κ2) is 9.38. The third-order valence-corrected chi connectivity index (χ3v) is 7.79. The third kappa shape index (κ3) is 4.27. The SMILES string of the molecule is CNC1CCN(c2cccc(C3=CC=CC(c4nc5cc(CO)cc(Cl)c5o4)C3(C)Cl)c2)CC1. The molecule has 2 unspecified atom stereocenters. The maximum Gasteiger partial charge on any atom is 0.204 e. The monoisotopic (exact) mass is 497 g/mol. The molecule has 2 atom stereocenters. The van der Waals surface area contributed by atoms with Crippen molar-refractivity contribution in [1.82, 2.24) is 10.3 Å². The zero-order chi connectivity index (χ0) is 23.9. The van der Waals surface area contributed by atoms with Crippen molar-refractivity contribution in [3.63, 3.8) is 0 Å². The van der Waals surface area contributed by atoms with E-state index in [2.05, 4.69) is 40.6 Å². The highest BCUT2D eigenvalue weighted by atomic mass is 35.5. The molecule has 178 valence electrons. The van der Waals surface area contributed by atoms with Crippen molar-refractivity contribution < 1.29 is 9.52 Å². The average Bonchev–Trinajstić information content (AvgIpc) is 3.28. The fourth-order valence-corrected chi connectivity index (χ4v) is 5.66. The quantitative estimate of drug-likeness (QED) is 0.429. The smallest absolute Gasteiger partial charge is 0.204 e. The molecule has 1 aliphatic carbocycles. The average molecular weight is 498 g/mol. The first-order chi connectivity index (χ1) is 16.4. The fraction of sp³-hybridized carbons (Fsp3) is 0.370. The summed E-state index contributed by atoms with van der Waals surface area (Å²) in [5.41, 5.74) is 5.17. The van der Waals surface area contributed by atoms with Gasteiger partial charge < -0.3 is 19.7 Å². The molecule has 34 heavy (non-hydrogen) atoms. The van der Waals surface area contributed by atoms with Crippen LogP contribution in [0, 0.1) is 0 Å². The first-order valence-corrected chi connectivity index (χ1v) is 12.5. The van der Waals surface area contributed by atoms with Gasteiger partial charge in [-0.2, -0.15) is 0 Å². The van der Waals surface area contributed by atoms with Crippen LogP contribution in [-0.2, 0) is 6.61 Å². The van der Waals surface area contributed by atoms with E-state index in [0.717, 1.165) is 37.1 Å². The number of aliphatic hydroxyl groups is 1. The summed E-state index contributed by atoms with van der Waals surface area (Å²) in [5.74, 6) is 0.238. The maximum absolute atomic E-state index is 9.50. The number of fused-ring (bicyclic) bond motifs is 1. The molecule has 1 aliphatic heterocycles. The van der Waals surface area contributed by atoms with E-state index in [1.807, 2.05) is 26.1 Å². The molecule has 0 amide bonds. The number of hydrogen-bond donors (Lipinski definition) is 2. The summed E-state index contributed by atoms with van der Waals surface area (Å²) in [4.78, 5) is 6.38. The van der Waals surface area contributed by atoms with Crippen molar-refractivity contribution in [1.29, 1.82) is 0 Å². The number of rotatable bonds is 5. The van der Waals surface area contributed by atoms with E-state index in [1.54, 1.807) is 12.1 Å². The van der Waals surface area contributed by atoms with Gasteiger partial charge in [-0.15, -0.1) is 11.6 Å². The molecule has 1 saturated heterocycles. The first-order valence-electron chi connectivity index (χ1n) is 11.7. The standard InChI is InChI=1S/C27H29Cl2N3O2/c1-27(29)21(18-5-3-6-20(15-18)32-11-9-19(30-2)10-12-32)7-4-8-22(27)26-31-24-14-17(16-33)13-23(28)25(24)34-26/h3-8,13-15,19,22,30,33H,9-12,16H2,1-2H3. The number of benzene rings is 2. The van der Waals surface area contributed by atoms with E-state index >= 15 is 0 Å². The van der Waals surface area contributed by atoms with E-state index in [4.69, 9.17) is 32.6 Å². The second-order valence-corrected chi connectivity index (χ2v) is 10.4. The highest BCUT2D eigenvalue weighted by Crippen LogP contribution is 2.48. The summed E-state index contributed by atoms with van der Waals surface area (Å²) in [6, 6.07) is 12.7. The third-order valence-electron chi connectivity index (χ3n) is 7.07. The van der Waals surface area contributed by atoms with Gasteiger partial charge in [0.2, 0.25) is 5.89 Å². The molecule has 0 bridgehead atoms. The normalized spacial score (nSPS) is 23.5. The topological polar surface area (TPSA) is 61.5 Å². The maximum atomic E-state index is 9.50. The molecular weight excluding hydrogens is 469 g/mol. The number of hydrogen-bond acceptors (Lipinski definition) is 5. The number of alkyl halides is 1. The van der Waals surface area contributed by atoms with Gasteiger partial charge in [-0.25, -0.2) is 4.98 Å². The lowest BCUT2D eigenvalue weighted by Gasteiger charge is -2.35. The predicted molar refractivity (Wildman–Crippen MR) is 140 cm³/mol. The lowest BCUT2D eigenvalue weighted by atomic mass is 9.79. The lowest BCUT2D eigenvalue weighted by Crippen LogP contribution is -2.41. The van der Waals surface area contributed by atoms with E-state index in [1.165, 1.54) is 5.69 Å². The minimum absolute atomic E-state index is 0.107. The molecule has 2 aliphatic rings. The Morgan fingerprint density at radius 3 is 2.76 bits per heavy atom. The van der Waals surface area contributed by atoms with E-state index in [9.17, 15) is 5.11 Å². The van der Waals surface area contributed by atoms with Crippen LogP contribution in [0.3, 0.4) is 0 Å². The summed E-state index contributed by atoms with van der Waals surface area (Å²) in [7, 11) is 2.04. The number of allylic oxidation sites excluding steroid dienone is 4. The van der Waals surface area contributed by atoms with Gasteiger partial charge in [-0.3, -0.25) is 0 Å². The molecule has 7 heteroatoms. The van der Waals surface area contributed by atoms with Crippen LogP contribution in [-0.4, -0.2) is 41.1 Å². The van der Waals surface area contributed by atoms with Gasteiger partial charge in [0.25, 0.3) is 0 Å². The van der Waals surface area contributed by atoms with Crippen molar-refractivity contribution in [3.05, 3.63) is 76.7 Å². The molecule has 1 aromatic heterocycles. The number of oxazole rings is 1. The van der Waals surface area contributed by atoms with Crippen LogP contribution >= 0.6 is 23.2 Å². The summed E-state index contributed by atoms with van der Waals surface area (Å²) in [6.07, 6.45) is 8.40. The van der Waals surface area contributed by atoms with Gasteiger partial charge in [0.15, 0.2) is 5.58 Å². The van der Waals surface area contributed by atoms with Crippen LogP contribution in [0.4, 0.5) is 5.69 Å². The Balaban J connectivity index is 1.45. The Morgan fingerprint density at radius 1 is 1.24 bits per heavy atom. The van der Waals surface area contributed by atoms with Crippen molar-refractivity contribution in [3.8, 4) is 0 Å². The molecule has 2 heterocycles. The van der Waals surface area contributed by atoms with Gasteiger partial charge in [0.1, 0.15) is 5.52 Å². The van der Waals surface area contributed by atoms with Gasteiger partial charge in [-0.1, -0.05) is 42.0 Å². The number of aromatic nitrogens is 1. The lowest BCUT2D eigenvalue weighted by molar-refractivity contribution is 0.282. The van der Waals surface area contributed by atoms with E-state index in [-0.39, 0.29) is 12.5 Å². The first kappa shape index (κ1) is 23.4. The Bertz CT molecular complexity index is 1260. The van der Waals surface area contributed by atoms with Crippen molar-refractivity contribution >= 4 is 45.6 Å². The molecular formula is C27H29Cl2N3O2. The minimum Gasteiger partial charge on any atom is -0.438 e. The summed E-state index contributed by atoms with van der Waals surface area (Å²) in [6.45, 7) is 3.97. The van der Waals surface area contributed by atoms with Crippen LogP contribution in [0.2, 0.25) is 5.02 Å². The summed E-state index contributed by atoms with van der Waals surface area (Å²) >= 11 is 13.6. The van der Waals surface area contributed by atoms with Crippen molar-refractivity contribution in [2.45, 2.75) is 43.2 Å². The molecule has 3 aromatic rings. The molecule has 2 N–H and O–H groups in total. The highest BCUT2D eigenvalue weighted by molar-refractivity contribution is 6.34. The Hall–Kier alpha value is -2.31. The van der Waals surface area contributed by atoms with Gasteiger partial charge in [0.05, 0.1) is 22.4 Å². The van der Waals surface area contributed by atoms with E-state index in [0.29, 0.717) is 33.6 Å². The van der Waals surface area contributed by atoms with Crippen LogP contribution in [0.5, 0.6) is 0 Å².